The van der Waals surface area contributed by atoms with Crippen molar-refractivity contribution in [2.75, 3.05) is 16.9 Å². The molecular weight excluding hydrogens is 498 g/mol. The van der Waals surface area contributed by atoms with Crippen molar-refractivity contribution in [3.8, 4) is 0 Å². The summed E-state index contributed by atoms with van der Waals surface area (Å²) in [4.78, 5) is 28.2. The monoisotopic (exact) mass is 521 g/mol. The maximum absolute atomic E-state index is 13.8. The van der Waals surface area contributed by atoms with Crippen LogP contribution in [0.25, 0.3) is 10.9 Å². The second-order valence-corrected chi connectivity index (χ2v) is 11.5. The molecule has 8 nitrogen and oxygen atoms in total. The number of halogens is 1. The molecule has 3 aromatic heterocycles. The summed E-state index contributed by atoms with van der Waals surface area (Å²) in [5.41, 5.74) is 9.48. The number of hydrogen-bond acceptors (Lipinski definition) is 7. The summed E-state index contributed by atoms with van der Waals surface area (Å²) in [5.74, 6) is 0.276. The fourth-order valence-electron chi connectivity index (χ4n) is 4.08. The Bertz CT molecular complexity index is 1600. The summed E-state index contributed by atoms with van der Waals surface area (Å²) in [6.07, 6.45) is 6.31. The molecule has 2 N–H and O–H groups in total. The van der Waals surface area contributed by atoms with E-state index in [-0.39, 0.29) is 29.0 Å². The molecule has 0 spiro atoms. The third kappa shape index (κ3) is 4.89. The van der Waals surface area contributed by atoms with Gasteiger partial charge in [-0.25, -0.2) is 18.4 Å². The molecule has 1 amide bonds. The van der Waals surface area contributed by atoms with Gasteiger partial charge >= 0.3 is 0 Å². The van der Waals surface area contributed by atoms with E-state index in [2.05, 4.69) is 15.0 Å². The molecule has 0 unspecified atom stereocenters. The molecule has 1 aliphatic carbocycles. The van der Waals surface area contributed by atoms with E-state index in [9.17, 15) is 13.2 Å². The molecule has 0 radical (unpaired) electrons. The number of nitrogens with zero attached hydrogens (tertiary/aromatic N) is 4. The maximum Gasteiger partial charge on any atom is 0.260 e. The van der Waals surface area contributed by atoms with E-state index in [4.69, 9.17) is 17.3 Å². The zero-order valence-electron chi connectivity index (χ0n) is 19.8. The van der Waals surface area contributed by atoms with Crippen molar-refractivity contribution in [1.29, 1.82) is 0 Å². The molecule has 0 aliphatic heterocycles. The lowest BCUT2D eigenvalue weighted by Crippen LogP contribution is -2.32. The van der Waals surface area contributed by atoms with E-state index in [1.807, 2.05) is 18.2 Å². The number of aromatic nitrogens is 3. The Morgan fingerprint density at radius 1 is 1.11 bits per heavy atom. The molecule has 3 heterocycles. The number of nitrogens with two attached hydrogens (primary N) is 1. The van der Waals surface area contributed by atoms with Gasteiger partial charge in [-0.1, -0.05) is 23.7 Å². The lowest BCUT2D eigenvalue weighted by atomic mass is 10.1. The van der Waals surface area contributed by atoms with E-state index in [0.29, 0.717) is 22.0 Å². The van der Waals surface area contributed by atoms with Crippen molar-refractivity contribution in [2.24, 2.45) is 0 Å². The minimum atomic E-state index is -3.72. The van der Waals surface area contributed by atoms with Crippen LogP contribution in [0.5, 0.6) is 0 Å². The third-order valence-corrected chi connectivity index (χ3v) is 7.41. The van der Waals surface area contributed by atoms with Gasteiger partial charge in [-0.3, -0.25) is 9.78 Å². The number of hydrogen-bond donors (Lipinski definition) is 1. The number of nitrogen functional groups attached to an aromatic ring is 1. The van der Waals surface area contributed by atoms with Crippen molar-refractivity contribution >= 4 is 49.8 Å². The first-order valence-electron chi connectivity index (χ1n) is 11.4. The number of amides is 1. The fourth-order valence-corrected chi connectivity index (χ4v) is 5.03. The molecule has 0 saturated heterocycles. The lowest BCUT2D eigenvalue weighted by molar-refractivity contribution is 0.0984. The molecule has 4 aromatic rings. The highest BCUT2D eigenvalue weighted by molar-refractivity contribution is 7.90. The lowest BCUT2D eigenvalue weighted by Gasteiger charge is -2.25. The van der Waals surface area contributed by atoms with Crippen molar-refractivity contribution in [3.63, 3.8) is 0 Å². The Kier molecular flexibility index (Phi) is 6.13. The average Bonchev–Trinajstić information content (AvgIpc) is 3.68. The van der Waals surface area contributed by atoms with Gasteiger partial charge in [0.05, 0.1) is 28.3 Å². The van der Waals surface area contributed by atoms with Gasteiger partial charge in [-0.05, 0) is 61.2 Å². The van der Waals surface area contributed by atoms with Crippen molar-refractivity contribution in [1.82, 2.24) is 15.0 Å². The second kappa shape index (κ2) is 9.15. The van der Waals surface area contributed by atoms with Crippen LogP contribution in [0.15, 0.2) is 59.9 Å². The Hall–Kier alpha value is -3.56. The molecule has 10 heteroatoms. The highest BCUT2D eigenvalue weighted by Gasteiger charge is 2.28. The number of pyridine rings is 3. The summed E-state index contributed by atoms with van der Waals surface area (Å²) in [6, 6.07) is 12.5. The first-order valence-corrected chi connectivity index (χ1v) is 13.7. The smallest absolute Gasteiger partial charge is 0.260 e. The number of rotatable bonds is 6. The molecule has 0 bridgehead atoms. The molecule has 36 heavy (non-hydrogen) atoms. The van der Waals surface area contributed by atoms with Crippen LogP contribution in [0.3, 0.4) is 0 Å². The SMILES string of the molecule is Cc1cnc(S(C)(=O)=O)c(N(Cc2ccc3cc(Cl)c(N)nc3c2)C(=O)c2ccc(C3CC3)nc2)c1. The predicted octanol–water partition coefficient (Wildman–Crippen LogP) is 4.70. The topological polar surface area (TPSA) is 119 Å². The summed E-state index contributed by atoms with van der Waals surface area (Å²) < 4.78 is 25.2. The normalized spacial score (nSPS) is 13.6. The van der Waals surface area contributed by atoms with Gasteiger partial charge in [0.25, 0.3) is 5.91 Å². The number of sulfone groups is 1. The predicted molar refractivity (Wildman–Crippen MR) is 140 cm³/mol. The van der Waals surface area contributed by atoms with Crippen molar-refractivity contribution in [3.05, 3.63) is 82.3 Å². The minimum absolute atomic E-state index is 0.0804. The minimum Gasteiger partial charge on any atom is -0.382 e. The van der Waals surface area contributed by atoms with Crippen molar-refractivity contribution in [2.45, 2.75) is 37.3 Å². The van der Waals surface area contributed by atoms with Crippen LogP contribution in [0.4, 0.5) is 11.5 Å². The first kappa shape index (κ1) is 24.1. The standard InChI is InChI=1S/C26H24ClN5O3S/c1-15-9-23(25(30-12-15)36(2,34)35)32(26(33)19-7-8-21(29-13-19)17-5-6-17)14-16-3-4-18-11-20(27)24(28)31-22(18)10-16/h3-4,7-13,17H,5-6,14H2,1-2H3,(H2,28,31). The first-order chi connectivity index (χ1) is 17.1. The van der Waals surface area contributed by atoms with Gasteiger partial charge in [0.2, 0.25) is 0 Å². The summed E-state index contributed by atoms with van der Waals surface area (Å²) in [7, 11) is -3.72. The molecule has 5 rings (SSSR count). The number of carbonyl (C=O) groups is 1. The molecule has 1 aliphatic rings. The van der Waals surface area contributed by atoms with E-state index in [1.54, 1.807) is 37.4 Å². The third-order valence-electron chi connectivity index (χ3n) is 6.09. The molecule has 184 valence electrons. The number of benzene rings is 1. The Morgan fingerprint density at radius 3 is 2.56 bits per heavy atom. The van der Waals surface area contributed by atoms with Crippen LogP contribution in [-0.2, 0) is 16.4 Å². The van der Waals surface area contributed by atoms with Crippen LogP contribution < -0.4 is 10.6 Å². The Balaban J connectivity index is 1.60. The highest BCUT2D eigenvalue weighted by atomic mass is 35.5. The van der Waals surface area contributed by atoms with Gasteiger partial charge in [-0.2, -0.15) is 0 Å². The molecule has 0 atom stereocenters. The molecule has 1 saturated carbocycles. The quantitative estimate of drug-likeness (QED) is 0.390. The van der Waals surface area contributed by atoms with E-state index in [1.165, 1.54) is 11.1 Å². The van der Waals surface area contributed by atoms with E-state index < -0.39 is 9.84 Å². The zero-order valence-corrected chi connectivity index (χ0v) is 21.3. The van der Waals surface area contributed by atoms with Crippen LogP contribution >= 0.6 is 11.6 Å². The zero-order chi connectivity index (χ0) is 25.6. The number of fused-ring (bicyclic) bond motifs is 1. The summed E-state index contributed by atoms with van der Waals surface area (Å²) in [5, 5.41) is 0.988. The van der Waals surface area contributed by atoms with Gasteiger partial charge in [0, 0.05) is 35.6 Å². The van der Waals surface area contributed by atoms with Gasteiger partial charge in [-0.15, -0.1) is 0 Å². The summed E-state index contributed by atoms with van der Waals surface area (Å²) >= 11 is 6.10. The number of anilines is 2. The highest BCUT2D eigenvalue weighted by Crippen LogP contribution is 2.39. The van der Waals surface area contributed by atoms with E-state index in [0.717, 1.165) is 41.3 Å². The number of aryl methyl sites for hydroxylation is 1. The maximum atomic E-state index is 13.8. The fraction of sp³-hybridized carbons (Fsp3) is 0.231. The van der Waals surface area contributed by atoms with Crippen LogP contribution in [-0.4, -0.2) is 35.5 Å². The average molecular weight is 522 g/mol. The van der Waals surface area contributed by atoms with Gasteiger partial charge < -0.3 is 10.6 Å². The van der Waals surface area contributed by atoms with Crippen LogP contribution in [0.1, 0.15) is 45.9 Å². The molecule has 1 fully saturated rings. The Labute approximate surface area is 214 Å². The van der Waals surface area contributed by atoms with Crippen molar-refractivity contribution < 1.29 is 13.2 Å². The Morgan fingerprint density at radius 2 is 1.89 bits per heavy atom. The van der Waals surface area contributed by atoms with E-state index >= 15 is 0 Å². The second-order valence-electron chi connectivity index (χ2n) is 9.13. The number of carbonyl (C=O) groups excluding carboxylic acids is 1. The molecule has 1 aromatic carbocycles. The summed E-state index contributed by atoms with van der Waals surface area (Å²) in [6.45, 7) is 1.88. The van der Waals surface area contributed by atoms with Gasteiger partial charge in [0.1, 0.15) is 5.82 Å². The van der Waals surface area contributed by atoms with Gasteiger partial charge in [0.15, 0.2) is 14.9 Å². The van der Waals surface area contributed by atoms with Crippen LogP contribution in [0, 0.1) is 6.92 Å². The van der Waals surface area contributed by atoms with Crippen LogP contribution in [0.2, 0.25) is 5.02 Å². The molecular formula is C26H24ClN5O3S. The largest absolute Gasteiger partial charge is 0.382 e.